The molecule has 5 nitrogen and oxygen atoms in total. The molecule has 0 aliphatic heterocycles. The molecule has 0 saturated carbocycles. The molecule has 22 heavy (non-hydrogen) atoms. The Labute approximate surface area is 133 Å². The minimum atomic E-state index is -0.124. The Morgan fingerprint density at radius 3 is 2.32 bits per heavy atom. The predicted octanol–water partition coefficient (Wildman–Crippen LogP) is 2.17. The van der Waals surface area contributed by atoms with Crippen molar-refractivity contribution in [2.75, 3.05) is 25.5 Å². The summed E-state index contributed by atoms with van der Waals surface area (Å²) < 4.78 is 0. The van der Waals surface area contributed by atoms with Crippen LogP contribution in [0.1, 0.15) is 32.3 Å². The third-order valence-electron chi connectivity index (χ3n) is 3.29. The van der Waals surface area contributed by atoms with E-state index in [1.807, 2.05) is 38.1 Å². The fourth-order valence-electron chi connectivity index (χ4n) is 2.21. The molecule has 0 spiro atoms. The monoisotopic (exact) mass is 305 g/mol. The highest BCUT2D eigenvalue weighted by molar-refractivity contribution is 5.92. The molecule has 0 aliphatic rings. The lowest BCUT2D eigenvalue weighted by molar-refractivity contribution is -0.123. The first-order chi connectivity index (χ1) is 10.4. The van der Waals surface area contributed by atoms with Gasteiger partial charge in [0.15, 0.2) is 0 Å². The number of carbonyl (C=O) groups is 2. The lowest BCUT2D eigenvalue weighted by Crippen LogP contribution is -2.41. The summed E-state index contributed by atoms with van der Waals surface area (Å²) in [6.45, 7) is 6.48. The zero-order valence-electron chi connectivity index (χ0n) is 14.0. The number of hydrogen-bond donors (Lipinski definition) is 2. The van der Waals surface area contributed by atoms with Crippen LogP contribution < -0.4 is 10.6 Å². The second-order valence-corrected chi connectivity index (χ2v) is 5.84. The Kier molecular flexibility index (Phi) is 7.60. The fraction of sp³-hybridized carbons (Fsp3) is 0.529. The maximum absolute atomic E-state index is 11.9. The van der Waals surface area contributed by atoms with Crippen molar-refractivity contribution in [3.05, 3.63) is 29.8 Å². The fourth-order valence-corrected chi connectivity index (χ4v) is 2.21. The average molecular weight is 305 g/mol. The van der Waals surface area contributed by atoms with Crippen molar-refractivity contribution in [3.63, 3.8) is 0 Å². The van der Waals surface area contributed by atoms with Crippen LogP contribution in [0, 0.1) is 6.92 Å². The zero-order valence-corrected chi connectivity index (χ0v) is 14.0. The van der Waals surface area contributed by atoms with E-state index >= 15 is 0 Å². The molecule has 0 aliphatic carbocycles. The molecule has 1 aromatic carbocycles. The zero-order chi connectivity index (χ0) is 16.5. The van der Waals surface area contributed by atoms with E-state index in [-0.39, 0.29) is 30.9 Å². The quantitative estimate of drug-likeness (QED) is 0.774. The Bertz CT molecular complexity index is 485. The van der Waals surface area contributed by atoms with E-state index in [9.17, 15) is 9.59 Å². The largest absolute Gasteiger partial charge is 0.353 e. The van der Waals surface area contributed by atoms with E-state index < -0.39 is 0 Å². The van der Waals surface area contributed by atoms with Gasteiger partial charge < -0.3 is 10.6 Å². The summed E-state index contributed by atoms with van der Waals surface area (Å²) in [4.78, 5) is 25.5. The molecule has 2 amide bonds. The molecule has 0 fully saturated rings. The van der Waals surface area contributed by atoms with Crippen molar-refractivity contribution in [1.29, 1.82) is 0 Å². The summed E-state index contributed by atoms with van der Waals surface area (Å²) in [6.07, 6.45) is 2.00. The lowest BCUT2D eigenvalue weighted by Gasteiger charge is -2.18. The van der Waals surface area contributed by atoms with Gasteiger partial charge in [0, 0.05) is 11.7 Å². The molecule has 5 heteroatoms. The number of carbonyl (C=O) groups excluding carboxylic acids is 2. The summed E-state index contributed by atoms with van der Waals surface area (Å²) in [5, 5.41) is 5.75. The molecule has 1 rings (SSSR count). The molecule has 1 atom stereocenters. The number of rotatable bonds is 8. The van der Waals surface area contributed by atoms with Crippen molar-refractivity contribution in [3.8, 4) is 0 Å². The Morgan fingerprint density at radius 1 is 1.14 bits per heavy atom. The van der Waals surface area contributed by atoms with Crippen molar-refractivity contribution < 1.29 is 9.59 Å². The number of likely N-dealkylation sites (N-methyl/N-ethyl adjacent to an activating group) is 1. The molecule has 122 valence electrons. The second-order valence-electron chi connectivity index (χ2n) is 5.84. The van der Waals surface area contributed by atoms with Gasteiger partial charge in [0.25, 0.3) is 0 Å². The first-order valence-corrected chi connectivity index (χ1v) is 7.75. The van der Waals surface area contributed by atoms with Gasteiger partial charge in [-0.2, -0.15) is 0 Å². The molecule has 0 unspecified atom stereocenters. The maximum Gasteiger partial charge on any atom is 0.238 e. The second kappa shape index (κ2) is 9.20. The summed E-state index contributed by atoms with van der Waals surface area (Å²) >= 11 is 0. The van der Waals surface area contributed by atoms with Gasteiger partial charge in [-0.3, -0.25) is 14.5 Å². The van der Waals surface area contributed by atoms with E-state index in [0.29, 0.717) is 0 Å². The predicted molar refractivity (Wildman–Crippen MR) is 89.8 cm³/mol. The molecular weight excluding hydrogens is 278 g/mol. The SMILES string of the molecule is CCC[C@H](C)NC(=O)CN(C)CC(=O)Nc1ccc(C)cc1. The number of amides is 2. The van der Waals surface area contributed by atoms with Crippen molar-refractivity contribution in [1.82, 2.24) is 10.2 Å². The summed E-state index contributed by atoms with van der Waals surface area (Å²) in [5.74, 6) is -0.174. The normalized spacial score (nSPS) is 12.0. The third-order valence-corrected chi connectivity index (χ3v) is 3.29. The molecule has 0 saturated heterocycles. The van der Waals surface area contributed by atoms with Crippen molar-refractivity contribution in [2.45, 2.75) is 39.7 Å². The smallest absolute Gasteiger partial charge is 0.238 e. The first kappa shape index (κ1) is 18.2. The summed E-state index contributed by atoms with van der Waals surface area (Å²) in [7, 11) is 1.76. The highest BCUT2D eigenvalue weighted by Crippen LogP contribution is 2.08. The van der Waals surface area contributed by atoms with Crippen LogP contribution in [0.3, 0.4) is 0 Å². The van der Waals surface area contributed by atoms with E-state index in [0.717, 1.165) is 24.1 Å². The van der Waals surface area contributed by atoms with E-state index in [2.05, 4.69) is 17.6 Å². The van der Waals surface area contributed by atoms with E-state index in [1.165, 1.54) is 0 Å². The van der Waals surface area contributed by atoms with E-state index in [4.69, 9.17) is 0 Å². The molecule has 0 heterocycles. The van der Waals surface area contributed by atoms with Gasteiger partial charge in [0.05, 0.1) is 13.1 Å². The van der Waals surface area contributed by atoms with Crippen molar-refractivity contribution in [2.24, 2.45) is 0 Å². The van der Waals surface area contributed by atoms with Gasteiger partial charge in [0.2, 0.25) is 11.8 Å². The van der Waals surface area contributed by atoms with Crippen LogP contribution in [0.25, 0.3) is 0 Å². The van der Waals surface area contributed by atoms with Gasteiger partial charge in [-0.05, 0) is 39.4 Å². The lowest BCUT2D eigenvalue weighted by atomic mass is 10.2. The number of benzene rings is 1. The van der Waals surface area contributed by atoms with Gasteiger partial charge in [-0.25, -0.2) is 0 Å². The topological polar surface area (TPSA) is 61.4 Å². The average Bonchev–Trinajstić information content (AvgIpc) is 2.40. The van der Waals surface area contributed by atoms with Crippen LogP contribution in [0.5, 0.6) is 0 Å². The minimum Gasteiger partial charge on any atom is -0.353 e. The van der Waals surface area contributed by atoms with Crippen LogP contribution in [-0.2, 0) is 9.59 Å². The molecule has 0 radical (unpaired) electrons. The molecular formula is C17H27N3O2. The van der Waals surface area contributed by atoms with Gasteiger partial charge >= 0.3 is 0 Å². The van der Waals surface area contributed by atoms with Crippen LogP contribution in [0.2, 0.25) is 0 Å². The van der Waals surface area contributed by atoms with E-state index in [1.54, 1.807) is 11.9 Å². The number of hydrogen-bond acceptors (Lipinski definition) is 3. The van der Waals surface area contributed by atoms with Gasteiger partial charge in [-0.15, -0.1) is 0 Å². The number of nitrogens with one attached hydrogen (secondary N) is 2. The first-order valence-electron chi connectivity index (χ1n) is 7.75. The number of aryl methyl sites for hydroxylation is 1. The van der Waals surface area contributed by atoms with Crippen LogP contribution >= 0.6 is 0 Å². The Balaban J connectivity index is 2.34. The maximum atomic E-state index is 11.9. The standard InChI is InChI=1S/C17H27N3O2/c1-5-6-14(3)18-16(21)11-20(4)12-17(22)19-15-9-7-13(2)8-10-15/h7-10,14H,5-6,11-12H2,1-4H3,(H,18,21)(H,19,22)/t14-/m0/s1. The minimum absolute atomic E-state index is 0.0495. The van der Waals surface area contributed by atoms with Crippen LogP contribution in [0.4, 0.5) is 5.69 Å². The highest BCUT2D eigenvalue weighted by Gasteiger charge is 2.12. The summed E-state index contributed by atoms with van der Waals surface area (Å²) in [5.41, 5.74) is 1.91. The Morgan fingerprint density at radius 2 is 1.73 bits per heavy atom. The molecule has 1 aromatic rings. The molecule has 0 bridgehead atoms. The van der Waals surface area contributed by atoms with Gasteiger partial charge in [0.1, 0.15) is 0 Å². The molecule has 0 aromatic heterocycles. The number of anilines is 1. The van der Waals surface area contributed by atoms with Crippen LogP contribution in [-0.4, -0.2) is 42.9 Å². The number of nitrogens with zero attached hydrogens (tertiary/aromatic N) is 1. The third kappa shape index (κ3) is 7.22. The summed E-state index contributed by atoms with van der Waals surface area (Å²) in [6, 6.07) is 7.80. The molecule has 2 N–H and O–H groups in total. The van der Waals surface area contributed by atoms with Crippen molar-refractivity contribution >= 4 is 17.5 Å². The van der Waals surface area contributed by atoms with Gasteiger partial charge in [-0.1, -0.05) is 31.0 Å². The van der Waals surface area contributed by atoms with Crippen LogP contribution in [0.15, 0.2) is 24.3 Å². The highest BCUT2D eigenvalue weighted by atomic mass is 16.2. The Hall–Kier alpha value is -1.88.